The molecule has 0 saturated carbocycles. The van der Waals surface area contributed by atoms with Gasteiger partial charge in [-0.05, 0) is 31.5 Å². The molecule has 0 aromatic heterocycles. The number of benzene rings is 1. The van der Waals surface area contributed by atoms with Crippen molar-refractivity contribution in [1.82, 2.24) is 4.90 Å². The fraction of sp³-hybridized carbons (Fsp3) is 0.385. The van der Waals surface area contributed by atoms with Crippen molar-refractivity contribution in [1.29, 1.82) is 0 Å². The predicted octanol–water partition coefficient (Wildman–Crippen LogP) is 2.93. The average molecular weight is 302 g/mol. The van der Waals surface area contributed by atoms with Crippen molar-refractivity contribution < 1.29 is 14.7 Å². The number of carbonyl (C=O) groups is 2. The molecule has 1 atom stereocenters. The molecule has 0 aliphatic carbocycles. The molecule has 1 aliphatic rings. The van der Waals surface area contributed by atoms with Crippen LogP contribution >= 0.6 is 23.2 Å². The molecular formula is C13H13Cl2NO3. The Morgan fingerprint density at radius 2 is 2.05 bits per heavy atom. The molecule has 1 fully saturated rings. The number of hydrogen-bond acceptors (Lipinski definition) is 2. The minimum atomic E-state index is -0.884. The van der Waals surface area contributed by atoms with E-state index < -0.39 is 11.4 Å². The van der Waals surface area contributed by atoms with Crippen LogP contribution < -0.4 is 0 Å². The Balaban J connectivity index is 2.20. The number of aliphatic carboxylic acids is 1. The number of nitrogens with zero attached hydrogens (tertiary/aromatic N) is 1. The molecule has 4 nitrogen and oxygen atoms in total. The van der Waals surface area contributed by atoms with Gasteiger partial charge < -0.3 is 10.0 Å². The summed E-state index contributed by atoms with van der Waals surface area (Å²) in [6.45, 7) is 2.26. The van der Waals surface area contributed by atoms with E-state index in [2.05, 4.69) is 0 Å². The monoisotopic (exact) mass is 301 g/mol. The van der Waals surface area contributed by atoms with Crippen LogP contribution in [0.2, 0.25) is 10.0 Å². The van der Waals surface area contributed by atoms with E-state index >= 15 is 0 Å². The van der Waals surface area contributed by atoms with Gasteiger partial charge in [0.2, 0.25) is 0 Å². The zero-order valence-corrected chi connectivity index (χ0v) is 11.8. The second kappa shape index (κ2) is 5.02. The van der Waals surface area contributed by atoms with Gasteiger partial charge in [-0.1, -0.05) is 23.2 Å². The summed E-state index contributed by atoms with van der Waals surface area (Å²) in [5.74, 6) is -1.14. The van der Waals surface area contributed by atoms with E-state index in [0.29, 0.717) is 23.6 Å². The first kappa shape index (κ1) is 14.2. The predicted molar refractivity (Wildman–Crippen MR) is 72.7 cm³/mol. The van der Waals surface area contributed by atoms with Gasteiger partial charge in [0.25, 0.3) is 5.91 Å². The molecule has 0 spiro atoms. The fourth-order valence-electron chi connectivity index (χ4n) is 2.14. The zero-order chi connectivity index (χ0) is 14.2. The second-order valence-electron chi connectivity index (χ2n) is 4.97. The van der Waals surface area contributed by atoms with Crippen LogP contribution in [-0.2, 0) is 4.79 Å². The van der Waals surface area contributed by atoms with E-state index in [1.165, 1.54) is 11.0 Å². The fourth-order valence-corrected chi connectivity index (χ4v) is 2.63. The van der Waals surface area contributed by atoms with Crippen LogP contribution in [0.1, 0.15) is 23.7 Å². The number of hydrogen-bond donors (Lipinski definition) is 1. The van der Waals surface area contributed by atoms with Crippen molar-refractivity contribution in [3.63, 3.8) is 0 Å². The summed E-state index contributed by atoms with van der Waals surface area (Å²) in [4.78, 5) is 25.0. The van der Waals surface area contributed by atoms with Gasteiger partial charge in [0.1, 0.15) is 0 Å². The normalized spacial score (nSPS) is 22.6. The molecule has 1 amide bonds. The van der Waals surface area contributed by atoms with Gasteiger partial charge >= 0.3 is 5.97 Å². The van der Waals surface area contributed by atoms with Crippen molar-refractivity contribution in [3.8, 4) is 0 Å². The third kappa shape index (κ3) is 2.69. The van der Waals surface area contributed by atoms with Gasteiger partial charge in [-0.2, -0.15) is 0 Å². The SMILES string of the molecule is CC1(C(=O)O)CCN(C(=O)c2ccc(Cl)cc2Cl)C1. The highest BCUT2D eigenvalue weighted by molar-refractivity contribution is 6.36. The molecule has 0 bridgehead atoms. The number of carboxylic acids is 1. The highest BCUT2D eigenvalue weighted by Gasteiger charge is 2.42. The molecule has 1 saturated heterocycles. The lowest BCUT2D eigenvalue weighted by atomic mass is 9.90. The summed E-state index contributed by atoms with van der Waals surface area (Å²) < 4.78 is 0. The maximum absolute atomic E-state index is 12.3. The van der Waals surface area contributed by atoms with Crippen LogP contribution in [-0.4, -0.2) is 35.0 Å². The van der Waals surface area contributed by atoms with Crippen molar-refractivity contribution in [3.05, 3.63) is 33.8 Å². The number of rotatable bonds is 2. The summed E-state index contributed by atoms with van der Waals surface area (Å²) >= 11 is 11.8. The quantitative estimate of drug-likeness (QED) is 0.914. The van der Waals surface area contributed by atoms with Crippen LogP contribution in [0.25, 0.3) is 0 Å². The van der Waals surface area contributed by atoms with Crippen molar-refractivity contribution in [2.45, 2.75) is 13.3 Å². The van der Waals surface area contributed by atoms with Crippen LogP contribution in [0.15, 0.2) is 18.2 Å². The van der Waals surface area contributed by atoms with Gasteiger partial charge in [-0.3, -0.25) is 9.59 Å². The van der Waals surface area contributed by atoms with E-state index in [4.69, 9.17) is 28.3 Å². The summed E-state index contributed by atoms with van der Waals surface area (Å²) in [5.41, 5.74) is -0.533. The zero-order valence-electron chi connectivity index (χ0n) is 10.3. The molecule has 1 aromatic carbocycles. The van der Waals surface area contributed by atoms with Crippen LogP contribution in [0.5, 0.6) is 0 Å². The minimum Gasteiger partial charge on any atom is -0.481 e. The largest absolute Gasteiger partial charge is 0.481 e. The van der Waals surface area contributed by atoms with Crippen molar-refractivity contribution >= 4 is 35.1 Å². The Morgan fingerprint density at radius 3 is 2.58 bits per heavy atom. The second-order valence-corrected chi connectivity index (χ2v) is 5.81. The molecule has 0 radical (unpaired) electrons. The highest BCUT2D eigenvalue weighted by Crippen LogP contribution is 2.32. The van der Waals surface area contributed by atoms with Crippen molar-refractivity contribution in [2.75, 3.05) is 13.1 Å². The Hall–Kier alpha value is -1.26. The third-order valence-electron chi connectivity index (χ3n) is 3.44. The lowest BCUT2D eigenvalue weighted by Gasteiger charge is -2.20. The summed E-state index contributed by atoms with van der Waals surface area (Å²) in [6, 6.07) is 4.65. The van der Waals surface area contributed by atoms with Gasteiger partial charge in [0, 0.05) is 18.1 Å². The molecule has 1 N–H and O–H groups in total. The number of carbonyl (C=O) groups excluding carboxylic acids is 1. The molecule has 6 heteroatoms. The number of likely N-dealkylation sites (tertiary alicyclic amines) is 1. The lowest BCUT2D eigenvalue weighted by Crippen LogP contribution is -2.35. The van der Waals surface area contributed by atoms with Crippen LogP contribution in [0.3, 0.4) is 0 Å². The highest BCUT2D eigenvalue weighted by atomic mass is 35.5. The Labute approximate surface area is 120 Å². The number of amides is 1. The van der Waals surface area contributed by atoms with Gasteiger partial charge in [-0.25, -0.2) is 0 Å². The summed E-state index contributed by atoms with van der Waals surface area (Å²) in [7, 11) is 0. The van der Waals surface area contributed by atoms with Gasteiger partial charge in [-0.15, -0.1) is 0 Å². The molecule has 1 aromatic rings. The molecule has 1 heterocycles. The number of halogens is 2. The third-order valence-corrected chi connectivity index (χ3v) is 3.99. The Morgan fingerprint density at radius 1 is 1.37 bits per heavy atom. The van der Waals surface area contributed by atoms with Crippen LogP contribution in [0.4, 0.5) is 0 Å². The maximum atomic E-state index is 12.3. The first-order valence-electron chi connectivity index (χ1n) is 5.81. The lowest BCUT2D eigenvalue weighted by molar-refractivity contribution is -0.147. The first-order chi connectivity index (χ1) is 8.83. The molecule has 2 rings (SSSR count). The smallest absolute Gasteiger partial charge is 0.311 e. The van der Waals surface area contributed by atoms with E-state index in [1.54, 1.807) is 19.1 Å². The Bertz CT molecular complexity index is 547. The Kier molecular flexibility index (Phi) is 3.74. The first-order valence-corrected chi connectivity index (χ1v) is 6.57. The average Bonchev–Trinajstić information content (AvgIpc) is 2.73. The van der Waals surface area contributed by atoms with Gasteiger partial charge in [0.05, 0.1) is 16.0 Å². The topological polar surface area (TPSA) is 57.6 Å². The molecule has 102 valence electrons. The van der Waals surface area contributed by atoms with Crippen molar-refractivity contribution in [2.24, 2.45) is 5.41 Å². The summed E-state index contributed by atoms with van der Waals surface area (Å²) in [6.07, 6.45) is 0.444. The van der Waals surface area contributed by atoms with E-state index in [-0.39, 0.29) is 17.5 Å². The van der Waals surface area contributed by atoms with Crippen LogP contribution in [0, 0.1) is 5.41 Å². The number of carboxylic acid groups (broad SMARTS) is 1. The summed E-state index contributed by atoms with van der Waals surface area (Å²) in [5, 5.41) is 9.89. The van der Waals surface area contributed by atoms with E-state index in [1.807, 2.05) is 0 Å². The molecule has 19 heavy (non-hydrogen) atoms. The molecule has 1 aliphatic heterocycles. The molecule has 1 unspecified atom stereocenters. The standard InChI is InChI=1S/C13H13Cl2NO3/c1-13(12(18)19)4-5-16(7-13)11(17)9-3-2-8(14)6-10(9)15/h2-3,6H,4-5,7H2,1H3,(H,18,19). The molecular weight excluding hydrogens is 289 g/mol. The van der Waals surface area contributed by atoms with Gasteiger partial charge in [0.15, 0.2) is 0 Å². The van der Waals surface area contributed by atoms with E-state index in [9.17, 15) is 9.59 Å². The van der Waals surface area contributed by atoms with E-state index in [0.717, 1.165) is 0 Å². The minimum absolute atomic E-state index is 0.195. The maximum Gasteiger partial charge on any atom is 0.311 e.